The van der Waals surface area contributed by atoms with Crippen molar-refractivity contribution in [3.05, 3.63) is 41.6 Å². The van der Waals surface area contributed by atoms with Crippen LogP contribution in [0.5, 0.6) is 11.8 Å². The summed E-state index contributed by atoms with van der Waals surface area (Å²) in [5, 5.41) is 0. The molecule has 0 atom stereocenters. The molecule has 0 unspecified atom stereocenters. The Morgan fingerprint density at radius 3 is 2.81 bits per heavy atom. The summed E-state index contributed by atoms with van der Waals surface area (Å²) >= 11 is 0. The van der Waals surface area contributed by atoms with E-state index < -0.39 is 11.6 Å². The van der Waals surface area contributed by atoms with Crippen LogP contribution in [0.3, 0.4) is 0 Å². The van der Waals surface area contributed by atoms with Crippen LogP contribution in [0.4, 0.5) is 14.6 Å². The molecule has 0 amide bonds. The predicted octanol–water partition coefficient (Wildman–Crippen LogP) is 2.33. The fourth-order valence-electron chi connectivity index (χ4n) is 2.28. The van der Waals surface area contributed by atoms with E-state index in [1.807, 2.05) is 4.90 Å². The number of ether oxygens (including phenoxy) is 3. The van der Waals surface area contributed by atoms with Crippen LogP contribution < -0.4 is 9.47 Å². The van der Waals surface area contributed by atoms with E-state index in [2.05, 4.69) is 15.0 Å². The highest BCUT2D eigenvalue weighted by Gasteiger charge is 2.10. The van der Waals surface area contributed by atoms with Gasteiger partial charge >= 0.3 is 6.01 Å². The molecule has 0 spiro atoms. The number of halogens is 2. The minimum atomic E-state index is -0.655. The molecule has 1 saturated heterocycles. The molecule has 1 aliphatic heterocycles. The second-order valence-corrected chi connectivity index (χ2v) is 5.47. The van der Waals surface area contributed by atoms with Crippen molar-refractivity contribution >= 4 is 12.2 Å². The Labute approximate surface area is 149 Å². The maximum atomic E-state index is 13.8. The molecule has 3 rings (SSSR count). The van der Waals surface area contributed by atoms with Gasteiger partial charge in [-0.15, -0.1) is 0 Å². The van der Waals surface area contributed by atoms with Crippen LogP contribution in [-0.4, -0.2) is 54.6 Å². The van der Waals surface area contributed by atoms with E-state index in [0.717, 1.165) is 6.20 Å². The average molecular weight is 364 g/mol. The first kappa shape index (κ1) is 18.0. The summed E-state index contributed by atoms with van der Waals surface area (Å²) in [7, 11) is 1.39. The fraction of sp³-hybridized carbons (Fsp3) is 0.353. The fourth-order valence-corrected chi connectivity index (χ4v) is 2.28. The number of hydrogen-bond acceptors (Lipinski definition) is 6. The van der Waals surface area contributed by atoms with Gasteiger partial charge in [-0.1, -0.05) is 6.07 Å². The second kappa shape index (κ2) is 8.52. The van der Waals surface area contributed by atoms with Crippen LogP contribution in [0.15, 0.2) is 29.4 Å². The molecule has 0 saturated carbocycles. The van der Waals surface area contributed by atoms with Crippen molar-refractivity contribution in [2.24, 2.45) is 4.99 Å². The molecule has 7 nitrogen and oxygen atoms in total. The molecule has 0 radical (unpaired) electrons. The maximum absolute atomic E-state index is 13.8. The molecule has 2 heterocycles. The highest BCUT2D eigenvalue weighted by Crippen LogP contribution is 2.20. The SMILES string of the molecule is COc1ccc(COc2ncc(F)c(/N=C/N3CCOCC3)n2)cc1F. The lowest BCUT2D eigenvalue weighted by Crippen LogP contribution is -2.35. The van der Waals surface area contributed by atoms with E-state index in [0.29, 0.717) is 31.9 Å². The lowest BCUT2D eigenvalue weighted by atomic mass is 10.2. The van der Waals surface area contributed by atoms with Gasteiger partial charge in [-0.2, -0.15) is 4.98 Å². The minimum absolute atomic E-state index is 0.0269. The van der Waals surface area contributed by atoms with Gasteiger partial charge in [0.2, 0.25) is 0 Å². The Morgan fingerprint density at radius 1 is 1.27 bits per heavy atom. The number of benzene rings is 1. The smallest absolute Gasteiger partial charge is 0.318 e. The first-order valence-electron chi connectivity index (χ1n) is 7.99. The number of nitrogens with zero attached hydrogens (tertiary/aromatic N) is 4. The van der Waals surface area contributed by atoms with E-state index in [4.69, 9.17) is 14.2 Å². The average Bonchev–Trinajstić information content (AvgIpc) is 2.67. The molecule has 1 aliphatic rings. The van der Waals surface area contributed by atoms with Gasteiger partial charge in [0, 0.05) is 13.1 Å². The molecule has 1 fully saturated rings. The molecule has 0 aliphatic carbocycles. The predicted molar refractivity (Wildman–Crippen MR) is 89.8 cm³/mol. The van der Waals surface area contributed by atoms with Crippen LogP contribution >= 0.6 is 0 Å². The second-order valence-electron chi connectivity index (χ2n) is 5.47. The summed E-state index contributed by atoms with van der Waals surface area (Å²) in [6, 6.07) is 4.40. The number of morpholine rings is 1. The molecule has 1 aromatic carbocycles. The van der Waals surface area contributed by atoms with Crippen molar-refractivity contribution < 1.29 is 23.0 Å². The molecular weight excluding hydrogens is 346 g/mol. The molecule has 26 heavy (non-hydrogen) atoms. The summed E-state index contributed by atoms with van der Waals surface area (Å²) in [5.74, 6) is -1.13. The number of rotatable bonds is 6. The van der Waals surface area contributed by atoms with E-state index in [9.17, 15) is 8.78 Å². The molecule has 0 N–H and O–H groups in total. The van der Waals surface area contributed by atoms with Crippen LogP contribution in [0.1, 0.15) is 5.56 Å². The van der Waals surface area contributed by atoms with Gasteiger partial charge in [0.25, 0.3) is 0 Å². The zero-order valence-electron chi connectivity index (χ0n) is 14.2. The Hall–Kier alpha value is -2.81. The van der Waals surface area contributed by atoms with Crippen LogP contribution in [0, 0.1) is 11.6 Å². The summed E-state index contributed by atoms with van der Waals surface area (Å²) in [6.45, 7) is 2.60. The van der Waals surface area contributed by atoms with Crippen LogP contribution in [-0.2, 0) is 11.3 Å². The number of aromatic nitrogens is 2. The highest BCUT2D eigenvalue weighted by molar-refractivity contribution is 5.60. The van der Waals surface area contributed by atoms with Crippen molar-refractivity contribution in [3.8, 4) is 11.8 Å². The largest absolute Gasteiger partial charge is 0.494 e. The third kappa shape index (κ3) is 4.63. The third-order valence-corrected chi connectivity index (χ3v) is 3.68. The molecule has 9 heteroatoms. The van der Waals surface area contributed by atoms with Gasteiger partial charge in [0.05, 0.1) is 32.9 Å². The van der Waals surface area contributed by atoms with Crippen molar-refractivity contribution in [1.29, 1.82) is 0 Å². The zero-order valence-corrected chi connectivity index (χ0v) is 14.2. The summed E-state index contributed by atoms with van der Waals surface area (Å²) in [5.41, 5.74) is 0.564. The normalized spacial score (nSPS) is 14.7. The minimum Gasteiger partial charge on any atom is -0.494 e. The van der Waals surface area contributed by atoms with Crippen molar-refractivity contribution in [2.45, 2.75) is 6.61 Å². The monoisotopic (exact) mass is 364 g/mol. The lowest BCUT2D eigenvalue weighted by Gasteiger charge is -2.23. The Bertz CT molecular complexity index is 783. The third-order valence-electron chi connectivity index (χ3n) is 3.68. The first-order valence-corrected chi connectivity index (χ1v) is 7.99. The van der Waals surface area contributed by atoms with Gasteiger partial charge < -0.3 is 19.1 Å². The lowest BCUT2D eigenvalue weighted by molar-refractivity contribution is 0.0701. The van der Waals surface area contributed by atoms with Gasteiger partial charge in [-0.25, -0.2) is 18.8 Å². The molecule has 0 bridgehead atoms. The van der Waals surface area contributed by atoms with E-state index in [1.165, 1.54) is 25.6 Å². The number of aliphatic imine (C=N–C) groups is 1. The Morgan fingerprint density at radius 2 is 2.08 bits per heavy atom. The van der Waals surface area contributed by atoms with Gasteiger partial charge in [0.1, 0.15) is 6.61 Å². The summed E-state index contributed by atoms with van der Waals surface area (Å²) < 4.78 is 43.0. The molecular formula is C17H18F2N4O3. The van der Waals surface area contributed by atoms with Crippen molar-refractivity contribution in [1.82, 2.24) is 14.9 Å². The summed E-state index contributed by atoms with van der Waals surface area (Å²) in [6.07, 6.45) is 2.51. The standard InChI is InChI=1S/C17H18F2N4O3/c1-24-15-3-2-12(8-13(15)18)10-26-17-20-9-14(19)16(22-17)21-11-23-4-6-25-7-5-23/h2-3,8-9,11H,4-7,10H2,1H3/b21-11+. The van der Waals surface area contributed by atoms with Crippen LogP contribution in [0.25, 0.3) is 0 Å². The molecule has 2 aromatic rings. The number of methoxy groups -OCH3 is 1. The number of hydrogen-bond donors (Lipinski definition) is 0. The van der Waals surface area contributed by atoms with Gasteiger partial charge in [0.15, 0.2) is 23.2 Å². The summed E-state index contributed by atoms with van der Waals surface area (Å²) in [4.78, 5) is 13.7. The quantitative estimate of drug-likeness (QED) is 0.579. The maximum Gasteiger partial charge on any atom is 0.318 e. The first-order chi connectivity index (χ1) is 12.7. The van der Waals surface area contributed by atoms with Crippen molar-refractivity contribution in [2.75, 3.05) is 33.4 Å². The highest BCUT2D eigenvalue weighted by atomic mass is 19.1. The van der Waals surface area contributed by atoms with Crippen molar-refractivity contribution in [3.63, 3.8) is 0 Å². The van der Waals surface area contributed by atoms with E-state index in [-0.39, 0.29) is 24.2 Å². The molecule has 138 valence electrons. The zero-order chi connectivity index (χ0) is 18.4. The molecule has 1 aromatic heterocycles. The topological polar surface area (TPSA) is 69.1 Å². The Kier molecular flexibility index (Phi) is 5.90. The van der Waals surface area contributed by atoms with Gasteiger partial charge in [-0.3, -0.25) is 0 Å². The van der Waals surface area contributed by atoms with Crippen LogP contribution in [0.2, 0.25) is 0 Å². The van der Waals surface area contributed by atoms with Gasteiger partial charge in [-0.05, 0) is 17.7 Å². The van der Waals surface area contributed by atoms with E-state index in [1.54, 1.807) is 6.07 Å². The Balaban J connectivity index is 1.65. The van der Waals surface area contributed by atoms with E-state index >= 15 is 0 Å².